The normalized spacial score (nSPS) is 14.8. The van der Waals surface area contributed by atoms with E-state index in [9.17, 15) is 0 Å². The van der Waals surface area contributed by atoms with Gasteiger partial charge < -0.3 is 20.1 Å². The van der Waals surface area contributed by atoms with E-state index >= 15 is 0 Å². The van der Waals surface area contributed by atoms with Crippen molar-refractivity contribution in [1.29, 1.82) is 0 Å². The van der Waals surface area contributed by atoms with E-state index in [0.29, 0.717) is 19.8 Å². The Hall–Kier alpha value is -0.160. The van der Waals surface area contributed by atoms with Crippen LogP contribution in [0.5, 0.6) is 0 Å². The van der Waals surface area contributed by atoms with Crippen molar-refractivity contribution >= 4 is 0 Å². The highest BCUT2D eigenvalue weighted by Gasteiger charge is 2.22. The average Bonchev–Trinajstić information content (AvgIpc) is 2.12. The van der Waals surface area contributed by atoms with Gasteiger partial charge in [-0.3, -0.25) is 0 Å². The van der Waals surface area contributed by atoms with E-state index in [1.54, 1.807) is 7.11 Å². The van der Waals surface area contributed by atoms with E-state index in [1.165, 1.54) is 0 Å². The minimum Gasteiger partial charge on any atom is -0.382 e. The van der Waals surface area contributed by atoms with Gasteiger partial charge in [0.2, 0.25) is 0 Å². The molecule has 0 heterocycles. The molecule has 14 heavy (non-hydrogen) atoms. The van der Waals surface area contributed by atoms with Crippen LogP contribution in [-0.4, -0.2) is 57.5 Å². The first-order valence-corrected chi connectivity index (χ1v) is 4.92. The van der Waals surface area contributed by atoms with Crippen LogP contribution in [0.1, 0.15) is 13.8 Å². The number of nitrogens with zero attached hydrogens (tertiary/aromatic N) is 1. The van der Waals surface area contributed by atoms with E-state index < -0.39 is 0 Å². The molecule has 86 valence electrons. The van der Waals surface area contributed by atoms with Crippen molar-refractivity contribution in [2.75, 3.05) is 41.0 Å². The number of ether oxygens (including phenoxy) is 2. The summed E-state index contributed by atoms with van der Waals surface area (Å²) in [5.41, 5.74) is 5.57. The second-order valence-electron chi connectivity index (χ2n) is 4.33. The van der Waals surface area contributed by atoms with Crippen LogP contribution in [0.4, 0.5) is 0 Å². The highest BCUT2D eigenvalue weighted by molar-refractivity contribution is 4.77. The van der Waals surface area contributed by atoms with Crippen molar-refractivity contribution in [2.45, 2.75) is 25.5 Å². The van der Waals surface area contributed by atoms with Crippen molar-refractivity contribution in [3.63, 3.8) is 0 Å². The minimum absolute atomic E-state index is 0.000718. The molecule has 0 bridgehead atoms. The first-order chi connectivity index (χ1) is 6.44. The molecular formula is C10H24N2O2. The quantitative estimate of drug-likeness (QED) is 0.648. The van der Waals surface area contributed by atoms with Crippen LogP contribution in [0.2, 0.25) is 0 Å². The fourth-order valence-corrected chi connectivity index (χ4v) is 0.821. The van der Waals surface area contributed by atoms with Crippen LogP contribution in [0.3, 0.4) is 0 Å². The fourth-order valence-electron chi connectivity index (χ4n) is 0.821. The highest BCUT2D eigenvalue weighted by Crippen LogP contribution is 2.11. The predicted octanol–water partition coefficient (Wildman–Crippen LogP) is 0.317. The molecule has 0 aliphatic carbocycles. The second-order valence-corrected chi connectivity index (χ2v) is 4.33. The summed E-state index contributed by atoms with van der Waals surface area (Å²) >= 11 is 0. The zero-order valence-electron chi connectivity index (χ0n) is 10.0. The molecule has 4 heteroatoms. The van der Waals surface area contributed by atoms with Gasteiger partial charge in [-0.1, -0.05) is 0 Å². The Morgan fingerprint density at radius 3 is 2.29 bits per heavy atom. The smallest absolute Gasteiger partial charge is 0.0931 e. The third kappa shape index (κ3) is 4.91. The molecule has 0 saturated carbocycles. The van der Waals surface area contributed by atoms with Crippen molar-refractivity contribution < 1.29 is 9.47 Å². The zero-order valence-corrected chi connectivity index (χ0v) is 10.0. The Morgan fingerprint density at radius 1 is 1.36 bits per heavy atom. The summed E-state index contributed by atoms with van der Waals surface area (Å²) < 4.78 is 10.7. The van der Waals surface area contributed by atoms with Gasteiger partial charge in [-0.15, -0.1) is 0 Å². The van der Waals surface area contributed by atoms with E-state index in [1.807, 2.05) is 14.1 Å². The topological polar surface area (TPSA) is 47.7 Å². The first kappa shape index (κ1) is 13.8. The second kappa shape index (κ2) is 6.35. The molecule has 1 unspecified atom stereocenters. The largest absolute Gasteiger partial charge is 0.382 e. The Kier molecular flexibility index (Phi) is 6.27. The molecule has 0 aromatic carbocycles. The van der Waals surface area contributed by atoms with Crippen LogP contribution in [0.25, 0.3) is 0 Å². The van der Waals surface area contributed by atoms with Gasteiger partial charge >= 0.3 is 0 Å². The van der Waals surface area contributed by atoms with E-state index in [-0.39, 0.29) is 11.6 Å². The van der Waals surface area contributed by atoms with E-state index in [4.69, 9.17) is 15.2 Å². The molecule has 1 atom stereocenters. The lowest BCUT2D eigenvalue weighted by atomic mass is 10.1. The number of methoxy groups -OCH3 is 1. The molecule has 0 aromatic rings. The molecule has 0 aliphatic rings. The molecule has 2 N–H and O–H groups in total. The van der Waals surface area contributed by atoms with Crippen molar-refractivity contribution in [3.05, 3.63) is 0 Å². The molecule has 0 fully saturated rings. The Bertz CT molecular complexity index is 149. The summed E-state index contributed by atoms with van der Waals surface area (Å²) in [5, 5.41) is 0. The Morgan fingerprint density at radius 2 is 1.93 bits per heavy atom. The van der Waals surface area contributed by atoms with Gasteiger partial charge in [0.05, 0.1) is 19.3 Å². The van der Waals surface area contributed by atoms with Crippen LogP contribution < -0.4 is 5.73 Å². The fraction of sp³-hybridized carbons (Fsp3) is 1.00. The van der Waals surface area contributed by atoms with E-state index in [0.717, 1.165) is 0 Å². The maximum atomic E-state index is 5.67. The average molecular weight is 204 g/mol. The Labute approximate surface area is 87.4 Å². The minimum atomic E-state index is -0.000718. The van der Waals surface area contributed by atoms with Crippen molar-refractivity contribution in [2.24, 2.45) is 5.73 Å². The first-order valence-electron chi connectivity index (χ1n) is 4.92. The SMILES string of the molecule is COCC(CN)OCC(C)(C)N(C)C. The maximum absolute atomic E-state index is 5.67. The van der Waals surface area contributed by atoms with Gasteiger partial charge in [0.15, 0.2) is 0 Å². The van der Waals surface area contributed by atoms with Gasteiger partial charge in [0.25, 0.3) is 0 Å². The predicted molar refractivity (Wildman–Crippen MR) is 58.4 cm³/mol. The molecule has 0 amide bonds. The molecule has 0 spiro atoms. The number of likely N-dealkylation sites (N-methyl/N-ethyl adjacent to an activating group) is 1. The third-order valence-corrected chi connectivity index (χ3v) is 2.50. The molecule has 4 nitrogen and oxygen atoms in total. The summed E-state index contributed by atoms with van der Waals surface area (Å²) in [6, 6.07) is 0. The highest BCUT2D eigenvalue weighted by atomic mass is 16.5. The summed E-state index contributed by atoms with van der Waals surface area (Å²) in [5.74, 6) is 0. The lowest BCUT2D eigenvalue weighted by Crippen LogP contribution is -2.44. The molecule has 0 rings (SSSR count). The maximum Gasteiger partial charge on any atom is 0.0931 e. The van der Waals surface area contributed by atoms with Crippen LogP contribution >= 0.6 is 0 Å². The molecule has 0 aromatic heterocycles. The third-order valence-electron chi connectivity index (χ3n) is 2.50. The number of hydrogen-bond donors (Lipinski definition) is 1. The molecular weight excluding hydrogens is 180 g/mol. The standard InChI is InChI=1S/C10H24N2O2/c1-10(2,12(3)4)8-14-9(6-11)7-13-5/h9H,6-8,11H2,1-5H3. The van der Waals surface area contributed by atoms with Crippen LogP contribution in [-0.2, 0) is 9.47 Å². The summed E-state index contributed by atoms with van der Waals surface area (Å²) in [6.45, 7) is 5.98. The van der Waals surface area contributed by atoms with Crippen molar-refractivity contribution in [3.8, 4) is 0 Å². The van der Waals surface area contributed by atoms with Gasteiger partial charge in [-0.2, -0.15) is 0 Å². The number of nitrogens with two attached hydrogens (primary N) is 1. The number of hydrogen-bond acceptors (Lipinski definition) is 4. The molecule has 0 radical (unpaired) electrons. The van der Waals surface area contributed by atoms with Crippen LogP contribution in [0, 0.1) is 0 Å². The van der Waals surface area contributed by atoms with Gasteiger partial charge in [0.1, 0.15) is 0 Å². The van der Waals surface area contributed by atoms with Gasteiger partial charge in [0, 0.05) is 19.2 Å². The summed E-state index contributed by atoms with van der Waals surface area (Å²) in [6.07, 6.45) is -0.000718. The Balaban J connectivity index is 3.89. The van der Waals surface area contributed by atoms with Crippen LogP contribution in [0.15, 0.2) is 0 Å². The van der Waals surface area contributed by atoms with Crippen molar-refractivity contribution in [1.82, 2.24) is 4.90 Å². The molecule has 0 aliphatic heterocycles. The summed E-state index contributed by atoms with van der Waals surface area (Å²) in [4.78, 5) is 2.13. The van der Waals surface area contributed by atoms with Gasteiger partial charge in [-0.05, 0) is 27.9 Å². The summed E-state index contributed by atoms with van der Waals surface area (Å²) in [7, 11) is 5.73. The monoisotopic (exact) mass is 204 g/mol. The number of rotatable bonds is 7. The lowest BCUT2D eigenvalue weighted by Gasteiger charge is -2.33. The van der Waals surface area contributed by atoms with E-state index in [2.05, 4.69) is 18.7 Å². The zero-order chi connectivity index (χ0) is 11.2. The lowest BCUT2D eigenvalue weighted by molar-refractivity contribution is -0.0380. The van der Waals surface area contributed by atoms with Gasteiger partial charge in [-0.25, -0.2) is 0 Å². The molecule has 0 saturated heterocycles.